The van der Waals surface area contributed by atoms with E-state index in [1.54, 1.807) is 0 Å². The standard InChI is InChI=1S/C42H28N2/c1-3-11-29(12-4-1)30-19-23-34(24-20-30)44-40-18-10-8-16-36(40)38-28-32(22-26-42(38)44)31-21-25-41-37(27-31)35-15-7-9-17-39(35)43(41)33-13-5-2-6-14-33/h1-28H. The Morgan fingerprint density at radius 1 is 0.250 bits per heavy atom. The topological polar surface area (TPSA) is 9.86 Å². The monoisotopic (exact) mass is 560 g/mol. The van der Waals surface area contributed by atoms with Crippen LogP contribution < -0.4 is 0 Å². The van der Waals surface area contributed by atoms with Crippen LogP contribution in [0.4, 0.5) is 0 Å². The van der Waals surface area contributed by atoms with Crippen molar-refractivity contribution in [1.82, 2.24) is 9.13 Å². The largest absolute Gasteiger partial charge is 0.309 e. The van der Waals surface area contributed by atoms with Gasteiger partial charge in [0.1, 0.15) is 0 Å². The Balaban J connectivity index is 1.20. The van der Waals surface area contributed by atoms with Crippen LogP contribution in [0.5, 0.6) is 0 Å². The maximum absolute atomic E-state index is 2.39. The molecule has 0 atom stereocenters. The third-order valence-electron chi connectivity index (χ3n) is 8.93. The van der Waals surface area contributed by atoms with Crippen LogP contribution in [0, 0.1) is 0 Å². The van der Waals surface area contributed by atoms with Crippen LogP contribution >= 0.6 is 0 Å². The van der Waals surface area contributed by atoms with Crippen molar-refractivity contribution in [1.29, 1.82) is 0 Å². The first-order valence-corrected chi connectivity index (χ1v) is 15.1. The first-order valence-electron chi connectivity index (χ1n) is 15.1. The number of hydrogen-bond donors (Lipinski definition) is 0. The predicted molar refractivity (Wildman–Crippen MR) is 186 cm³/mol. The van der Waals surface area contributed by atoms with Crippen molar-refractivity contribution < 1.29 is 0 Å². The fraction of sp³-hybridized carbons (Fsp3) is 0. The van der Waals surface area contributed by atoms with Gasteiger partial charge in [-0.15, -0.1) is 0 Å². The summed E-state index contributed by atoms with van der Waals surface area (Å²) in [7, 11) is 0. The van der Waals surface area contributed by atoms with Crippen molar-refractivity contribution in [2.75, 3.05) is 0 Å². The van der Waals surface area contributed by atoms with Crippen LogP contribution in [0.3, 0.4) is 0 Å². The molecular formula is C42H28N2. The molecule has 0 aliphatic heterocycles. The van der Waals surface area contributed by atoms with Crippen molar-refractivity contribution in [3.63, 3.8) is 0 Å². The molecule has 0 amide bonds. The highest BCUT2D eigenvalue weighted by atomic mass is 15.0. The molecular weight excluding hydrogens is 532 g/mol. The van der Waals surface area contributed by atoms with E-state index in [-0.39, 0.29) is 0 Å². The molecule has 2 nitrogen and oxygen atoms in total. The molecule has 206 valence electrons. The van der Waals surface area contributed by atoms with E-state index in [9.17, 15) is 0 Å². The normalized spacial score (nSPS) is 11.6. The molecule has 9 aromatic rings. The summed E-state index contributed by atoms with van der Waals surface area (Å²) in [5.74, 6) is 0. The second kappa shape index (κ2) is 9.86. The third kappa shape index (κ3) is 3.82. The number of fused-ring (bicyclic) bond motifs is 6. The van der Waals surface area contributed by atoms with Crippen LogP contribution in [0.2, 0.25) is 0 Å². The maximum Gasteiger partial charge on any atom is 0.0541 e. The molecule has 44 heavy (non-hydrogen) atoms. The number of benzene rings is 7. The quantitative estimate of drug-likeness (QED) is 0.203. The van der Waals surface area contributed by atoms with Crippen molar-refractivity contribution in [2.24, 2.45) is 0 Å². The Bertz CT molecular complexity index is 2460. The predicted octanol–water partition coefficient (Wildman–Crippen LogP) is 11.2. The first kappa shape index (κ1) is 24.7. The zero-order valence-corrected chi connectivity index (χ0v) is 24.1. The minimum absolute atomic E-state index is 1.17. The SMILES string of the molecule is c1ccc(-c2ccc(-n3c4ccccc4c4cc(-c5ccc6c(c5)c5ccccc5n6-c5ccccc5)ccc43)cc2)cc1. The molecule has 0 saturated heterocycles. The summed E-state index contributed by atoms with van der Waals surface area (Å²) in [5.41, 5.74) is 12.1. The lowest BCUT2D eigenvalue weighted by Gasteiger charge is -2.10. The Kier molecular flexibility index (Phi) is 5.54. The summed E-state index contributed by atoms with van der Waals surface area (Å²) in [6.07, 6.45) is 0. The van der Waals surface area contributed by atoms with Crippen molar-refractivity contribution >= 4 is 43.6 Å². The number of para-hydroxylation sites is 3. The molecule has 0 bridgehead atoms. The zero-order chi connectivity index (χ0) is 29.0. The molecule has 0 radical (unpaired) electrons. The Morgan fingerprint density at radius 2 is 0.636 bits per heavy atom. The van der Waals surface area contributed by atoms with Gasteiger partial charge >= 0.3 is 0 Å². The van der Waals surface area contributed by atoms with Gasteiger partial charge in [0.05, 0.1) is 22.1 Å². The number of nitrogens with zero attached hydrogens (tertiary/aromatic N) is 2. The molecule has 0 aliphatic carbocycles. The first-order chi connectivity index (χ1) is 21.8. The van der Waals surface area contributed by atoms with Gasteiger partial charge in [-0.05, 0) is 82.9 Å². The van der Waals surface area contributed by atoms with Crippen LogP contribution in [0.15, 0.2) is 170 Å². The summed E-state index contributed by atoms with van der Waals surface area (Å²) >= 11 is 0. The molecule has 0 fully saturated rings. The van der Waals surface area contributed by atoms with Crippen LogP contribution in [0.1, 0.15) is 0 Å². The summed E-state index contributed by atoms with van der Waals surface area (Å²) in [6.45, 7) is 0. The molecule has 2 heterocycles. The average Bonchev–Trinajstić information content (AvgIpc) is 3.61. The fourth-order valence-corrected chi connectivity index (χ4v) is 6.87. The van der Waals surface area contributed by atoms with Gasteiger partial charge in [0.2, 0.25) is 0 Å². The van der Waals surface area contributed by atoms with Gasteiger partial charge in [-0.25, -0.2) is 0 Å². The lowest BCUT2D eigenvalue weighted by atomic mass is 10.0. The Labute approximate surface area is 255 Å². The number of rotatable bonds is 4. The molecule has 0 spiro atoms. The second-order valence-corrected chi connectivity index (χ2v) is 11.4. The summed E-state index contributed by atoms with van der Waals surface area (Å²) < 4.78 is 4.76. The van der Waals surface area contributed by atoms with Crippen molar-refractivity contribution in [2.45, 2.75) is 0 Å². The summed E-state index contributed by atoms with van der Waals surface area (Å²) in [4.78, 5) is 0. The van der Waals surface area contributed by atoms with Crippen LogP contribution in [-0.2, 0) is 0 Å². The molecule has 0 aliphatic rings. The summed E-state index contributed by atoms with van der Waals surface area (Å²) in [5, 5.41) is 5.06. The smallest absolute Gasteiger partial charge is 0.0541 e. The van der Waals surface area contributed by atoms with E-state index in [4.69, 9.17) is 0 Å². The van der Waals surface area contributed by atoms with Crippen molar-refractivity contribution in [3.8, 4) is 33.6 Å². The molecule has 7 aromatic carbocycles. The highest BCUT2D eigenvalue weighted by Gasteiger charge is 2.16. The van der Waals surface area contributed by atoms with Crippen LogP contribution in [0.25, 0.3) is 77.2 Å². The molecule has 9 rings (SSSR count). The van der Waals surface area contributed by atoms with E-state index in [1.807, 2.05) is 0 Å². The maximum atomic E-state index is 2.39. The van der Waals surface area contributed by atoms with Gasteiger partial charge < -0.3 is 9.13 Å². The fourth-order valence-electron chi connectivity index (χ4n) is 6.87. The third-order valence-corrected chi connectivity index (χ3v) is 8.93. The molecule has 0 N–H and O–H groups in total. The van der Waals surface area contributed by atoms with Crippen LogP contribution in [-0.4, -0.2) is 9.13 Å². The van der Waals surface area contributed by atoms with E-state index >= 15 is 0 Å². The van der Waals surface area contributed by atoms with E-state index in [0.29, 0.717) is 0 Å². The molecule has 2 aromatic heterocycles. The van der Waals surface area contributed by atoms with Gasteiger partial charge in [-0.3, -0.25) is 0 Å². The van der Waals surface area contributed by atoms with Gasteiger partial charge in [0.25, 0.3) is 0 Å². The molecule has 0 unspecified atom stereocenters. The van der Waals surface area contributed by atoms with Gasteiger partial charge in [0.15, 0.2) is 0 Å². The van der Waals surface area contributed by atoms with E-state index < -0.39 is 0 Å². The van der Waals surface area contributed by atoms with Gasteiger partial charge in [0, 0.05) is 32.9 Å². The lowest BCUT2D eigenvalue weighted by Crippen LogP contribution is -1.93. The zero-order valence-electron chi connectivity index (χ0n) is 24.1. The minimum atomic E-state index is 1.17. The molecule has 0 saturated carbocycles. The van der Waals surface area contributed by atoms with E-state index in [1.165, 1.54) is 77.2 Å². The summed E-state index contributed by atoms with van der Waals surface area (Å²) in [6, 6.07) is 61.4. The minimum Gasteiger partial charge on any atom is -0.309 e. The van der Waals surface area contributed by atoms with Gasteiger partial charge in [-0.2, -0.15) is 0 Å². The number of aromatic nitrogens is 2. The lowest BCUT2D eigenvalue weighted by molar-refractivity contribution is 1.18. The molecule has 2 heteroatoms. The average molecular weight is 561 g/mol. The highest BCUT2D eigenvalue weighted by Crippen LogP contribution is 2.38. The second-order valence-electron chi connectivity index (χ2n) is 11.4. The van der Waals surface area contributed by atoms with E-state index in [2.05, 4.69) is 179 Å². The van der Waals surface area contributed by atoms with Crippen molar-refractivity contribution in [3.05, 3.63) is 170 Å². The number of hydrogen-bond acceptors (Lipinski definition) is 0. The van der Waals surface area contributed by atoms with Gasteiger partial charge in [-0.1, -0.05) is 109 Å². The Morgan fingerprint density at radius 3 is 1.18 bits per heavy atom. The van der Waals surface area contributed by atoms with E-state index in [0.717, 1.165) is 0 Å². The highest BCUT2D eigenvalue weighted by molar-refractivity contribution is 6.12. The Hall–Kier alpha value is -5.86.